The van der Waals surface area contributed by atoms with E-state index in [0.717, 1.165) is 12.8 Å². The molecule has 2 rings (SSSR count). The number of allylic oxidation sites excluding steroid dienone is 3. The van der Waals surface area contributed by atoms with Crippen LogP contribution in [-0.4, -0.2) is 5.11 Å². The number of aryl methyl sites for hydroxylation is 1. The zero-order valence-corrected chi connectivity index (χ0v) is 10.9. The van der Waals surface area contributed by atoms with E-state index in [4.69, 9.17) is 0 Å². The van der Waals surface area contributed by atoms with Crippen LogP contribution in [0, 0.1) is 0 Å². The summed E-state index contributed by atoms with van der Waals surface area (Å²) in [6.45, 7) is 0. The minimum absolute atomic E-state index is 0.324. The van der Waals surface area contributed by atoms with E-state index >= 15 is 0 Å². The van der Waals surface area contributed by atoms with Crippen molar-refractivity contribution < 1.29 is 5.11 Å². The number of benzene rings is 2. The smallest absolute Gasteiger partial charge is 0.115 e. The maximum atomic E-state index is 9.18. The van der Waals surface area contributed by atoms with Crippen LogP contribution in [0.2, 0.25) is 0 Å². The van der Waals surface area contributed by atoms with E-state index in [-0.39, 0.29) is 0 Å². The van der Waals surface area contributed by atoms with Crippen LogP contribution in [0.3, 0.4) is 0 Å². The molecule has 0 saturated carbocycles. The largest absolute Gasteiger partial charge is 0.508 e. The molecule has 0 aliphatic heterocycles. The van der Waals surface area contributed by atoms with Gasteiger partial charge in [-0.1, -0.05) is 66.8 Å². The molecule has 0 amide bonds. The second-order valence-electron chi connectivity index (χ2n) is 4.40. The molecule has 0 atom stereocenters. The van der Waals surface area contributed by atoms with Crippen LogP contribution in [0.15, 0.2) is 72.8 Å². The number of aromatic hydroxyl groups is 1. The molecular weight excluding hydrogens is 232 g/mol. The van der Waals surface area contributed by atoms with Crippen LogP contribution in [0.5, 0.6) is 5.75 Å². The van der Waals surface area contributed by atoms with Crippen LogP contribution >= 0.6 is 0 Å². The number of phenols is 1. The van der Waals surface area contributed by atoms with Gasteiger partial charge in [-0.15, -0.1) is 0 Å². The molecule has 1 heteroatoms. The van der Waals surface area contributed by atoms with Gasteiger partial charge in [-0.25, -0.2) is 0 Å². The van der Waals surface area contributed by atoms with Gasteiger partial charge < -0.3 is 5.11 Å². The van der Waals surface area contributed by atoms with Crippen LogP contribution < -0.4 is 0 Å². The van der Waals surface area contributed by atoms with Gasteiger partial charge in [-0.05, 0) is 36.1 Å². The Balaban J connectivity index is 1.75. The standard InChI is InChI=1S/C18H18O/c19-18-14-12-17(13-15-18)11-5-2-1-4-8-16-9-6-3-7-10-16/h1-4,6-10,12-15,19H,5,11H2/b2-1+,8-4+. The lowest BCUT2D eigenvalue weighted by Crippen LogP contribution is -1.81. The third-order valence-electron chi connectivity index (χ3n) is 2.87. The summed E-state index contributed by atoms with van der Waals surface area (Å²) >= 11 is 0. The van der Waals surface area contributed by atoms with Gasteiger partial charge >= 0.3 is 0 Å². The summed E-state index contributed by atoms with van der Waals surface area (Å²) in [6, 6.07) is 17.6. The van der Waals surface area contributed by atoms with Crippen LogP contribution in [0.4, 0.5) is 0 Å². The fourth-order valence-electron chi connectivity index (χ4n) is 1.82. The van der Waals surface area contributed by atoms with Crippen molar-refractivity contribution in [3.8, 4) is 5.75 Å². The van der Waals surface area contributed by atoms with Crippen molar-refractivity contribution in [1.29, 1.82) is 0 Å². The van der Waals surface area contributed by atoms with Crippen molar-refractivity contribution in [2.75, 3.05) is 0 Å². The first-order chi connectivity index (χ1) is 9.34. The Morgan fingerprint density at radius 2 is 1.58 bits per heavy atom. The first-order valence-electron chi connectivity index (χ1n) is 6.51. The van der Waals surface area contributed by atoms with Gasteiger partial charge in [0.15, 0.2) is 0 Å². The van der Waals surface area contributed by atoms with Gasteiger partial charge in [0.25, 0.3) is 0 Å². The molecule has 96 valence electrons. The molecule has 2 aromatic rings. The Morgan fingerprint density at radius 1 is 0.842 bits per heavy atom. The summed E-state index contributed by atoms with van der Waals surface area (Å²) in [4.78, 5) is 0. The zero-order chi connectivity index (χ0) is 13.3. The molecule has 2 aromatic carbocycles. The van der Waals surface area contributed by atoms with E-state index in [1.54, 1.807) is 12.1 Å². The zero-order valence-electron chi connectivity index (χ0n) is 10.9. The number of phenolic OH excluding ortho intramolecular Hbond substituents is 1. The van der Waals surface area contributed by atoms with Crippen molar-refractivity contribution in [1.82, 2.24) is 0 Å². The van der Waals surface area contributed by atoms with Crippen molar-refractivity contribution in [2.24, 2.45) is 0 Å². The molecule has 0 spiro atoms. The second kappa shape index (κ2) is 7.22. The highest BCUT2D eigenvalue weighted by Crippen LogP contribution is 2.11. The van der Waals surface area contributed by atoms with Crippen molar-refractivity contribution in [3.05, 3.63) is 84.0 Å². The molecule has 0 aliphatic carbocycles. The minimum Gasteiger partial charge on any atom is -0.508 e. The third kappa shape index (κ3) is 4.84. The molecule has 0 heterocycles. The van der Waals surface area contributed by atoms with Crippen LogP contribution in [0.25, 0.3) is 6.08 Å². The molecule has 0 bridgehead atoms. The summed E-state index contributed by atoms with van der Waals surface area (Å²) < 4.78 is 0. The maximum Gasteiger partial charge on any atom is 0.115 e. The Labute approximate surface area is 114 Å². The molecule has 0 fully saturated rings. The highest BCUT2D eigenvalue weighted by atomic mass is 16.3. The van der Waals surface area contributed by atoms with Crippen molar-refractivity contribution in [2.45, 2.75) is 12.8 Å². The summed E-state index contributed by atoms with van der Waals surface area (Å²) in [5.74, 6) is 0.324. The predicted molar refractivity (Wildman–Crippen MR) is 81.0 cm³/mol. The summed E-state index contributed by atoms with van der Waals surface area (Å²) in [5, 5.41) is 9.18. The lowest BCUT2D eigenvalue weighted by Gasteiger charge is -1.97. The van der Waals surface area contributed by atoms with E-state index in [1.807, 2.05) is 30.3 Å². The van der Waals surface area contributed by atoms with E-state index < -0.39 is 0 Å². The molecule has 19 heavy (non-hydrogen) atoms. The summed E-state index contributed by atoms with van der Waals surface area (Å²) in [7, 11) is 0. The molecule has 0 aromatic heterocycles. The number of hydrogen-bond donors (Lipinski definition) is 1. The van der Waals surface area contributed by atoms with Crippen LogP contribution in [-0.2, 0) is 6.42 Å². The topological polar surface area (TPSA) is 20.2 Å². The van der Waals surface area contributed by atoms with Gasteiger partial charge in [0.1, 0.15) is 5.75 Å². The lowest BCUT2D eigenvalue weighted by atomic mass is 10.1. The van der Waals surface area contributed by atoms with E-state index in [0.29, 0.717) is 5.75 Å². The summed E-state index contributed by atoms with van der Waals surface area (Å²) in [6.07, 6.45) is 10.4. The second-order valence-corrected chi connectivity index (χ2v) is 4.40. The molecule has 1 nitrogen and oxygen atoms in total. The highest BCUT2D eigenvalue weighted by molar-refractivity contribution is 5.50. The van der Waals surface area contributed by atoms with Crippen molar-refractivity contribution in [3.63, 3.8) is 0 Å². The van der Waals surface area contributed by atoms with E-state index in [9.17, 15) is 5.11 Å². The van der Waals surface area contributed by atoms with E-state index in [1.165, 1.54) is 11.1 Å². The maximum absolute atomic E-state index is 9.18. The molecule has 1 N–H and O–H groups in total. The van der Waals surface area contributed by atoms with Gasteiger partial charge in [-0.2, -0.15) is 0 Å². The molecule has 0 radical (unpaired) electrons. The van der Waals surface area contributed by atoms with Gasteiger partial charge in [0.05, 0.1) is 0 Å². The van der Waals surface area contributed by atoms with Crippen molar-refractivity contribution >= 4 is 6.08 Å². The average molecular weight is 250 g/mol. The highest BCUT2D eigenvalue weighted by Gasteiger charge is 1.91. The first-order valence-corrected chi connectivity index (χ1v) is 6.51. The SMILES string of the molecule is Oc1ccc(CC/C=C/C=C/c2ccccc2)cc1. The fourth-order valence-corrected chi connectivity index (χ4v) is 1.82. The predicted octanol–water partition coefficient (Wildman–Crippen LogP) is 4.59. The Kier molecular flexibility index (Phi) is 5.00. The monoisotopic (exact) mass is 250 g/mol. The molecule has 0 aliphatic rings. The Hall–Kier alpha value is -2.28. The summed E-state index contributed by atoms with van der Waals surface area (Å²) in [5.41, 5.74) is 2.46. The quantitative estimate of drug-likeness (QED) is 0.769. The van der Waals surface area contributed by atoms with Gasteiger partial charge in [-0.3, -0.25) is 0 Å². The molecule has 0 saturated heterocycles. The number of rotatable bonds is 5. The lowest BCUT2D eigenvalue weighted by molar-refractivity contribution is 0.475. The van der Waals surface area contributed by atoms with Gasteiger partial charge in [0, 0.05) is 0 Å². The van der Waals surface area contributed by atoms with Gasteiger partial charge in [0.2, 0.25) is 0 Å². The third-order valence-corrected chi connectivity index (χ3v) is 2.87. The molecular formula is C18H18O. The Morgan fingerprint density at radius 3 is 2.32 bits per heavy atom. The molecule has 0 unspecified atom stereocenters. The minimum atomic E-state index is 0.324. The number of hydrogen-bond acceptors (Lipinski definition) is 1. The van der Waals surface area contributed by atoms with Crippen LogP contribution in [0.1, 0.15) is 17.5 Å². The first kappa shape index (κ1) is 13.2. The normalized spacial score (nSPS) is 11.4. The Bertz CT molecular complexity index is 536. The van der Waals surface area contributed by atoms with E-state index in [2.05, 4.69) is 36.4 Å². The average Bonchev–Trinajstić information content (AvgIpc) is 2.46. The fraction of sp³-hybridized carbons (Fsp3) is 0.111.